The van der Waals surface area contributed by atoms with Crippen molar-refractivity contribution in [3.05, 3.63) is 23.6 Å². The van der Waals surface area contributed by atoms with Crippen molar-refractivity contribution in [3.63, 3.8) is 0 Å². The minimum absolute atomic E-state index is 0.188. The maximum Gasteiger partial charge on any atom is 0.142 e. The smallest absolute Gasteiger partial charge is 0.142 e. The van der Waals surface area contributed by atoms with Gasteiger partial charge in [-0.3, -0.25) is 0 Å². The second kappa shape index (κ2) is 4.23. The van der Waals surface area contributed by atoms with Crippen LogP contribution in [0.3, 0.4) is 0 Å². The maximum atomic E-state index is 13.1. The highest BCUT2D eigenvalue weighted by atomic mass is 19.1. The largest absolute Gasteiger partial charge is 0.392 e. The summed E-state index contributed by atoms with van der Waals surface area (Å²) in [6.07, 6.45) is 3.87. The molecule has 17 heavy (non-hydrogen) atoms. The summed E-state index contributed by atoms with van der Waals surface area (Å²) in [4.78, 5) is 6.20. The summed E-state index contributed by atoms with van der Waals surface area (Å²) in [5.41, 5.74) is 0.548. The van der Waals surface area contributed by atoms with Gasteiger partial charge in [-0.15, -0.1) is 0 Å². The molecule has 2 bridgehead atoms. The third-order valence-corrected chi connectivity index (χ3v) is 3.42. The molecule has 2 saturated heterocycles. The molecule has 5 heteroatoms. The van der Waals surface area contributed by atoms with Gasteiger partial charge in [-0.2, -0.15) is 0 Å². The van der Waals surface area contributed by atoms with E-state index in [-0.39, 0.29) is 18.8 Å². The molecular weight excluding hydrogens is 223 g/mol. The molecule has 0 aromatic carbocycles. The zero-order valence-electron chi connectivity index (χ0n) is 9.47. The Morgan fingerprint density at radius 2 is 2.12 bits per heavy atom. The second-order valence-electron chi connectivity index (χ2n) is 4.66. The van der Waals surface area contributed by atoms with E-state index >= 15 is 0 Å². The number of hydrogen-bond acceptors (Lipinski definition) is 4. The van der Waals surface area contributed by atoms with Crippen LogP contribution in [-0.2, 0) is 11.3 Å². The first-order chi connectivity index (χ1) is 8.26. The number of anilines is 1. The van der Waals surface area contributed by atoms with Gasteiger partial charge < -0.3 is 14.7 Å². The number of pyridine rings is 1. The highest BCUT2D eigenvalue weighted by Crippen LogP contribution is 2.30. The topological polar surface area (TPSA) is 45.6 Å². The summed E-state index contributed by atoms with van der Waals surface area (Å²) < 4.78 is 18.8. The van der Waals surface area contributed by atoms with Crippen LogP contribution in [0.25, 0.3) is 0 Å². The number of aliphatic hydroxyl groups excluding tert-OH is 1. The molecule has 0 radical (unpaired) electrons. The van der Waals surface area contributed by atoms with Crippen molar-refractivity contribution in [2.75, 3.05) is 18.0 Å². The lowest BCUT2D eigenvalue weighted by molar-refractivity contribution is 0.0301. The van der Waals surface area contributed by atoms with E-state index in [2.05, 4.69) is 9.88 Å². The number of morpholine rings is 1. The predicted octanol–water partition coefficient (Wildman–Crippen LogP) is 1.08. The average molecular weight is 238 g/mol. The van der Waals surface area contributed by atoms with Crippen molar-refractivity contribution < 1.29 is 14.2 Å². The number of fused-ring (bicyclic) bond motifs is 2. The van der Waals surface area contributed by atoms with Crippen molar-refractivity contribution in [1.29, 1.82) is 0 Å². The van der Waals surface area contributed by atoms with E-state index in [1.54, 1.807) is 0 Å². The van der Waals surface area contributed by atoms with E-state index in [1.807, 2.05) is 0 Å². The quantitative estimate of drug-likeness (QED) is 0.837. The van der Waals surface area contributed by atoms with Gasteiger partial charge in [0, 0.05) is 18.7 Å². The Hall–Kier alpha value is -1.20. The Labute approximate surface area is 99.0 Å². The van der Waals surface area contributed by atoms with Crippen molar-refractivity contribution in [2.45, 2.75) is 31.7 Å². The number of rotatable bonds is 2. The second-order valence-corrected chi connectivity index (χ2v) is 4.66. The molecule has 0 saturated carbocycles. The third-order valence-electron chi connectivity index (χ3n) is 3.42. The molecule has 0 amide bonds. The standard InChI is InChI=1S/C12H15FN2O2/c13-9-3-8(7-16)12(14-4-9)15-5-10-1-2-11(6-15)17-10/h3-4,10-11,16H,1-2,5-7H2. The van der Waals surface area contributed by atoms with Crippen LogP contribution in [0, 0.1) is 5.82 Å². The molecule has 0 aliphatic carbocycles. The molecule has 2 atom stereocenters. The molecule has 1 N–H and O–H groups in total. The van der Waals surface area contributed by atoms with Crippen LogP contribution < -0.4 is 4.90 Å². The molecule has 2 unspecified atom stereocenters. The number of ether oxygens (including phenoxy) is 1. The molecule has 3 heterocycles. The Bertz CT molecular complexity index is 415. The Morgan fingerprint density at radius 1 is 1.41 bits per heavy atom. The zero-order valence-corrected chi connectivity index (χ0v) is 9.47. The fraction of sp³-hybridized carbons (Fsp3) is 0.583. The third kappa shape index (κ3) is 2.00. The molecule has 2 aliphatic heterocycles. The van der Waals surface area contributed by atoms with E-state index < -0.39 is 5.82 Å². The van der Waals surface area contributed by atoms with E-state index in [0.29, 0.717) is 11.4 Å². The van der Waals surface area contributed by atoms with Crippen molar-refractivity contribution in [2.24, 2.45) is 0 Å². The molecule has 2 fully saturated rings. The van der Waals surface area contributed by atoms with Crippen molar-refractivity contribution in [1.82, 2.24) is 4.98 Å². The molecule has 1 aromatic heterocycles. The maximum absolute atomic E-state index is 13.1. The van der Waals surface area contributed by atoms with Gasteiger partial charge >= 0.3 is 0 Å². The van der Waals surface area contributed by atoms with Gasteiger partial charge in [0.25, 0.3) is 0 Å². The summed E-state index contributed by atoms with van der Waals surface area (Å²) in [7, 11) is 0. The predicted molar refractivity (Wildman–Crippen MR) is 60.2 cm³/mol. The van der Waals surface area contributed by atoms with E-state index in [1.165, 1.54) is 12.3 Å². The first-order valence-electron chi connectivity index (χ1n) is 5.92. The molecule has 1 aromatic rings. The van der Waals surface area contributed by atoms with Crippen molar-refractivity contribution >= 4 is 5.82 Å². The summed E-state index contributed by atoms with van der Waals surface area (Å²) in [5, 5.41) is 9.26. The minimum atomic E-state index is -0.408. The van der Waals surface area contributed by atoms with E-state index in [4.69, 9.17) is 4.74 Å². The number of hydrogen-bond donors (Lipinski definition) is 1. The van der Waals surface area contributed by atoms with Gasteiger partial charge in [0.15, 0.2) is 0 Å². The van der Waals surface area contributed by atoms with Gasteiger partial charge in [0.2, 0.25) is 0 Å². The van der Waals surface area contributed by atoms with Crippen molar-refractivity contribution in [3.8, 4) is 0 Å². The summed E-state index contributed by atoms with van der Waals surface area (Å²) >= 11 is 0. The zero-order chi connectivity index (χ0) is 11.8. The monoisotopic (exact) mass is 238 g/mol. The molecular formula is C12H15FN2O2. The van der Waals surface area contributed by atoms with Crippen LogP contribution in [0.1, 0.15) is 18.4 Å². The van der Waals surface area contributed by atoms with Crippen LogP contribution in [0.4, 0.5) is 10.2 Å². The lowest BCUT2D eigenvalue weighted by Crippen LogP contribution is -2.43. The Kier molecular flexibility index (Phi) is 2.72. The number of aliphatic hydroxyl groups is 1. The average Bonchev–Trinajstić information content (AvgIpc) is 2.68. The van der Waals surface area contributed by atoms with Gasteiger partial charge in [-0.25, -0.2) is 9.37 Å². The lowest BCUT2D eigenvalue weighted by atomic mass is 10.2. The van der Waals surface area contributed by atoms with Gasteiger partial charge in [-0.1, -0.05) is 0 Å². The molecule has 2 aliphatic rings. The summed E-state index contributed by atoms with van der Waals surface area (Å²) in [6, 6.07) is 1.35. The van der Waals surface area contributed by atoms with Crippen LogP contribution in [0.2, 0.25) is 0 Å². The normalized spacial score (nSPS) is 27.5. The van der Waals surface area contributed by atoms with Crippen LogP contribution in [-0.4, -0.2) is 35.4 Å². The first-order valence-corrected chi connectivity index (χ1v) is 5.92. The number of aromatic nitrogens is 1. The fourth-order valence-electron chi connectivity index (χ4n) is 2.66. The van der Waals surface area contributed by atoms with E-state index in [0.717, 1.165) is 25.9 Å². The highest BCUT2D eigenvalue weighted by Gasteiger charge is 2.34. The lowest BCUT2D eigenvalue weighted by Gasteiger charge is -2.33. The molecule has 4 nitrogen and oxygen atoms in total. The summed E-state index contributed by atoms with van der Waals surface area (Å²) in [5.74, 6) is 0.281. The van der Waals surface area contributed by atoms with Gasteiger partial charge in [0.1, 0.15) is 11.6 Å². The minimum Gasteiger partial charge on any atom is -0.392 e. The molecule has 3 rings (SSSR count). The number of halogens is 1. The number of nitrogens with zero attached hydrogens (tertiary/aromatic N) is 2. The van der Waals surface area contributed by atoms with E-state index in [9.17, 15) is 9.50 Å². The SMILES string of the molecule is OCc1cc(F)cnc1N1CC2CCC(C1)O2. The van der Waals surface area contributed by atoms with Crippen LogP contribution in [0.5, 0.6) is 0 Å². The van der Waals surface area contributed by atoms with Gasteiger partial charge in [0.05, 0.1) is 25.0 Å². The Morgan fingerprint density at radius 3 is 2.76 bits per heavy atom. The van der Waals surface area contributed by atoms with Crippen LogP contribution in [0.15, 0.2) is 12.3 Å². The Balaban J connectivity index is 1.88. The molecule has 0 spiro atoms. The molecule has 92 valence electrons. The highest BCUT2D eigenvalue weighted by molar-refractivity contribution is 5.47. The summed E-state index contributed by atoms with van der Waals surface area (Å²) in [6.45, 7) is 1.37. The van der Waals surface area contributed by atoms with Gasteiger partial charge in [-0.05, 0) is 18.9 Å². The fourth-order valence-corrected chi connectivity index (χ4v) is 2.66. The van der Waals surface area contributed by atoms with Crippen LogP contribution >= 0.6 is 0 Å². The first kappa shape index (κ1) is 10.9.